The average Bonchev–Trinajstić information content (AvgIpc) is 2.44. The summed E-state index contributed by atoms with van der Waals surface area (Å²) in [7, 11) is 0. The van der Waals surface area contributed by atoms with Crippen LogP contribution in [0.4, 0.5) is 10.5 Å². The lowest BCUT2D eigenvalue weighted by molar-refractivity contribution is -0.385. The molecule has 21 heavy (non-hydrogen) atoms. The van der Waals surface area contributed by atoms with Gasteiger partial charge < -0.3 is 15.2 Å². The van der Waals surface area contributed by atoms with Gasteiger partial charge in [0.25, 0.3) is 5.69 Å². The number of ether oxygens (including phenoxy) is 1. The van der Waals surface area contributed by atoms with Gasteiger partial charge in [0.2, 0.25) is 0 Å². The molecule has 0 heterocycles. The molecule has 1 aromatic rings. The van der Waals surface area contributed by atoms with Crippen molar-refractivity contribution in [2.45, 2.75) is 13.0 Å². The third kappa shape index (κ3) is 6.07. The summed E-state index contributed by atoms with van der Waals surface area (Å²) in [6, 6.07) is 5.93. The van der Waals surface area contributed by atoms with Crippen LogP contribution in [0.15, 0.2) is 24.3 Å². The van der Waals surface area contributed by atoms with Crippen LogP contribution in [0.3, 0.4) is 0 Å². The lowest BCUT2D eigenvalue weighted by Crippen LogP contribution is -2.25. The molecule has 8 nitrogen and oxygen atoms in total. The van der Waals surface area contributed by atoms with Crippen LogP contribution < -0.4 is 5.32 Å². The zero-order valence-corrected chi connectivity index (χ0v) is 10.9. The van der Waals surface area contributed by atoms with E-state index >= 15 is 0 Å². The topological polar surface area (TPSA) is 119 Å². The van der Waals surface area contributed by atoms with Crippen LogP contribution in [0.25, 0.3) is 0 Å². The number of nitrogens with zero attached hydrogens (tertiary/aromatic N) is 1. The van der Waals surface area contributed by atoms with Crippen molar-refractivity contribution in [2.24, 2.45) is 0 Å². The van der Waals surface area contributed by atoms with Crippen molar-refractivity contribution in [2.75, 3.05) is 6.54 Å². The van der Waals surface area contributed by atoms with Crippen LogP contribution in [-0.4, -0.2) is 28.6 Å². The van der Waals surface area contributed by atoms with E-state index in [1.54, 1.807) is 6.07 Å². The van der Waals surface area contributed by atoms with Crippen molar-refractivity contribution >= 4 is 17.7 Å². The number of aliphatic carboxylic acids is 1. The number of para-hydroxylation sites is 1. The molecule has 0 aliphatic rings. The molecule has 0 aliphatic carbocycles. The van der Waals surface area contributed by atoms with E-state index in [4.69, 9.17) is 9.84 Å². The number of benzene rings is 1. The number of hydrogen-bond acceptors (Lipinski definition) is 5. The Hall–Kier alpha value is -3.08. The predicted octanol–water partition coefficient (Wildman–Crippen LogP) is 1.30. The highest BCUT2D eigenvalue weighted by Crippen LogP contribution is 2.18. The molecule has 0 bridgehead atoms. The smallest absolute Gasteiger partial charge is 0.407 e. The summed E-state index contributed by atoms with van der Waals surface area (Å²) in [5, 5.41) is 21.4. The van der Waals surface area contributed by atoms with Crippen LogP contribution in [0, 0.1) is 22.0 Å². The van der Waals surface area contributed by atoms with E-state index < -0.39 is 17.0 Å². The molecule has 0 saturated carbocycles. The molecular weight excluding hydrogens is 280 g/mol. The summed E-state index contributed by atoms with van der Waals surface area (Å²) >= 11 is 0. The van der Waals surface area contributed by atoms with Gasteiger partial charge in [0.15, 0.2) is 0 Å². The average molecular weight is 292 g/mol. The van der Waals surface area contributed by atoms with Crippen molar-refractivity contribution in [3.63, 3.8) is 0 Å². The zero-order valence-electron chi connectivity index (χ0n) is 10.9. The molecule has 0 saturated heterocycles. The summed E-state index contributed by atoms with van der Waals surface area (Å²) < 4.78 is 4.83. The number of hydrogen-bond donors (Lipinski definition) is 2. The maximum atomic E-state index is 11.3. The summed E-state index contributed by atoms with van der Waals surface area (Å²) in [5.74, 6) is 2.98. The molecule has 0 aliphatic heterocycles. The van der Waals surface area contributed by atoms with Gasteiger partial charge in [-0.3, -0.25) is 10.1 Å². The van der Waals surface area contributed by atoms with E-state index in [0.717, 1.165) is 0 Å². The second-order valence-electron chi connectivity index (χ2n) is 3.75. The lowest BCUT2D eigenvalue weighted by Gasteiger charge is -2.06. The molecule has 0 radical (unpaired) electrons. The number of carbonyl (C=O) groups is 2. The minimum absolute atomic E-state index is 0.121. The SMILES string of the molecule is O=C(O)C#CCCNC(=O)OCc1ccccc1[N+](=O)[O-]. The van der Waals surface area contributed by atoms with Crippen molar-refractivity contribution < 1.29 is 24.4 Å². The van der Waals surface area contributed by atoms with E-state index in [1.165, 1.54) is 18.2 Å². The number of nitro benzene ring substituents is 1. The summed E-state index contributed by atoms with van der Waals surface area (Å²) in [6.07, 6.45) is -0.599. The van der Waals surface area contributed by atoms with Gasteiger partial charge >= 0.3 is 12.1 Å². The molecule has 0 unspecified atom stereocenters. The third-order valence-corrected chi connectivity index (χ3v) is 2.26. The number of carbonyl (C=O) groups excluding carboxylic acids is 1. The molecule has 110 valence electrons. The van der Waals surface area contributed by atoms with Gasteiger partial charge in [0.1, 0.15) is 6.61 Å². The van der Waals surface area contributed by atoms with Crippen molar-refractivity contribution in [1.82, 2.24) is 5.32 Å². The number of alkyl carbamates (subject to hydrolysis) is 1. The van der Waals surface area contributed by atoms with Crippen LogP contribution in [-0.2, 0) is 16.1 Å². The number of carboxylic acid groups (broad SMARTS) is 1. The first-order chi connectivity index (χ1) is 10.0. The molecule has 1 amide bonds. The maximum absolute atomic E-state index is 11.3. The van der Waals surface area contributed by atoms with Crippen LogP contribution in [0.5, 0.6) is 0 Å². The van der Waals surface area contributed by atoms with E-state index in [2.05, 4.69) is 11.2 Å². The monoisotopic (exact) mass is 292 g/mol. The van der Waals surface area contributed by atoms with Gasteiger partial charge in [-0.05, 0) is 6.07 Å². The van der Waals surface area contributed by atoms with Gasteiger partial charge in [-0.2, -0.15) is 0 Å². The Labute approximate surface area is 119 Å². The molecule has 2 N–H and O–H groups in total. The largest absolute Gasteiger partial charge is 0.472 e. The van der Waals surface area contributed by atoms with Crippen LogP contribution >= 0.6 is 0 Å². The normalized spacial score (nSPS) is 9.14. The molecule has 0 aromatic heterocycles. The predicted molar refractivity (Wildman–Crippen MR) is 71.3 cm³/mol. The van der Waals surface area contributed by atoms with Gasteiger partial charge in [-0.1, -0.05) is 18.1 Å². The minimum atomic E-state index is -1.24. The fourth-order valence-corrected chi connectivity index (χ4v) is 1.37. The number of nitro groups is 1. The quantitative estimate of drug-likeness (QED) is 0.365. The Morgan fingerprint density at radius 3 is 2.76 bits per heavy atom. The van der Waals surface area contributed by atoms with Gasteiger partial charge in [0, 0.05) is 25.0 Å². The highest BCUT2D eigenvalue weighted by molar-refractivity contribution is 5.86. The van der Waals surface area contributed by atoms with Crippen molar-refractivity contribution in [3.05, 3.63) is 39.9 Å². The highest BCUT2D eigenvalue weighted by Gasteiger charge is 2.13. The Balaban J connectivity index is 2.39. The Bertz CT molecular complexity index is 602. The first-order valence-electron chi connectivity index (χ1n) is 5.85. The van der Waals surface area contributed by atoms with Gasteiger partial charge in [-0.25, -0.2) is 9.59 Å². The number of rotatable bonds is 5. The zero-order chi connectivity index (χ0) is 15.7. The first kappa shape index (κ1) is 16.0. The fourth-order valence-electron chi connectivity index (χ4n) is 1.37. The van der Waals surface area contributed by atoms with E-state index in [9.17, 15) is 19.7 Å². The Morgan fingerprint density at radius 1 is 1.38 bits per heavy atom. The lowest BCUT2D eigenvalue weighted by atomic mass is 10.2. The van der Waals surface area contributed by atoms with E-state index in [-0.39, 0.29) is 30.8 Å². The van der Waals surface area contributed by atoms with E-state index in [0.29, 0.717) is 0 Å². The first-order valence-corrected chi connectivity index (χ1v) is 5.85. The minimum Gasteiger partial charge on any atom is -0.472 e. The molecule has 1 rings (SSSR count). The van der Waals surface area contributed by atoms with E-state index in [1.807, 2.05) is 5.92 Å². The summed E-state index contributed by atoms with van der Waals surface area (Å²) in [6.45, 7) is -0.111. The maximum Gasteiger partial charge on any atom is 0.407 e. The molecule has 0 atom stereocenters. The second kappa shape index (κ2) is 8.16. The second-order valence-corrected chi connectivity index (χ2v) is 3.75. The van der Waals surface area contributed by atoms with Crippen LogP contribution in [0.2, 0.25) is 0 Å². The third-order valence-electron chi connectivity index (χ3n) is 2.26. The fraction of sp³-hybridized carbons (Fsp3) is 0.231. The summed E-state index contributed by atoms with van der Waals surface area (Å²) in [5.41, 5.74) is 0.154. The molecular formula is C13H12N2O6. The van der Waals surface area contributed by atoms with Crippen molar-refractivity contribution in [1.29, 1.82) is 0 Å². The molecule has 8 heteroatoms. The standard InChI is InChI=1S/C13H12N2O6/c16-12(17)7-3-4-8-14-13(18)21-9-10-5-1-2-6-11(10)15(19)20/h1-2,5-6H,4,8-9H2,(H,14,18)(H,16,17). The Morgan fingerprint density at radius 2 is 2.10 bits per heavy atom. The summed E-state index contributed by atoms with van der Waals surface area (Å²) in [4.78, 5) is 31.6. The number of nitrogens with one attached hydrogen (secondary N) is 1. The van der Waals surface area contributed by atoms with Gasteiger partial charge in [0.05, 0.1) is 10.5 Å². The Kier molecular flexibility index (Phi) is 6.21. The van der Waals surface area contributed by atoms with Crippen LogP contribution in [0.1, 0.15) is 12.0 Å². The molecule has 1 aromatic carbocycles. The van der Waals surface area contributed by atoms with Crippen molar-refractivity contribution in [3.8, 4) is 11.8 Å². The molecule has 0 spiro atoms. The highest BCUT2D eigenvalue weighted by atomic mass is 16.6. The number of carboxylic acids is 1. The molecule has 0 fully saturated rings. The number of amides is 1. The van der Waals surface area contributed by atoms with Gasteiger partial charge in [-0.15, -0.1) is 0 Å².